The molecular weight excluding hydrogens is 446 g/mol. The average molecular weight is 462 g/mol. The summed E-state index contributed by atoms with van der Waals surface area (Å²) in [6.45, 7) is 2.47. The zero-order valence-corrected chi connectivity index (χ0v) is 17.5. The molecule has 6 nitrogen and oxygen atoms in total. The number of ether oxygens (including phenoxy) is 1. The summed E-state index contributed by atoms with van der Waals surface area (Å²) in [5, 5.41) is 0.990. The number of carbonyl (C=O) groups excluding carboxylic acids is 2. The molecule has 28 heavy (non-hydrogen) atoms. The van der Waals surface area contributed by atoms with Crippen LogP contribution in [-0.2, 0) is 19.6 Å². The lowest BCUT2D eigenvalue weighted by atomic mass is 10.1. The van der Waals surface area contributed by atoms with Gasteiger partial charge in [-0.15, -0.1) is 0 Å². The second-order valence-electron chi connectivity index (χ2n) is 5.96. The molecule has 0 spiro atoms. The maximum Gasteiger partial charge on any atom is 0.308 e. The molecule has 0 N–H and O–H groups in total. The summed E-state index contributed by atoms with van der Waals surface area (Å²) in [5.41, 5.74) is 0.182. The zero-order chi connectivity index (χ0) is 20.5. The molecule has 0 saturated heterocycles. The van der Waals surface area contributed by atoms with Crippen LogP contribution in [-0.4, -0.2) is 20.3 Å². The van der Waals surface area contributed by atoms with E-state index in [-0.39, 0.29) is 16.3 Å². The lowest BCUT2D eigenvalue weighted by Gasteiger charge is -2.23. The van der Waals surface area contributed by atoms with E-state index in [9.17, 15) is 18.0 Å². The number of fused-ring (bicyclic) bond motifs is 1. The van der Waals surface area contributed by atoms with Crippen molar-refractivity contribution in [3.05, 3.63) is 65.1 Å². The van der Waals surface area contributed by atoms with Crippen LogP contribution in [0.15, 0.2) is 70.0 Å². The van der Waals surface area contributed by atoms with Crippen LogP contribution in [0.4, 0.5) is 5.69 Å². The molecule has 0 aliphatic heterocycles. The minimum Gasteiger partial charge on any atom is -0.426 e. The van der Waals surface area contributed by atoms with Crippen LogP contribution in [0.1, 0.15) is 13.8 Å². The molecule has 0 heterocycles. The van der Waals surface area contributed by atoms with E-state index in [1.54, 1.807) is 36.4 Å². The van der Waals surface area contributed by atoms with Crippen molar-refractivity contribution in [1.29, 1.82) is 0 Å². The van der Waals surface area contributed by atoms with Crippen molar-refractivity contribution in [3.63, 3.8) is 0 Å². The highest BCUT2D eigenvalue weighted by molar-refractivity contribution is 9.10. The number of anilines is 1. The van der Waals surface area contributed by atoms with E-state index in [0.717, 1.165) is 8.78 Å². The number of carbonyl (C=O) groups is 2. The summed E-state index contributed by atoms with van der Waals surface area (Å²) in [4.78, 5) is 23.7. The van der Waals surface area contributed by atoms with Crippen LogP contribution >= 0.6 is 15.9 Å². The lowest BCUT2D eigenvalue weighted by Crippen LogP contribution is -2.35. The van der Waals surface area contributed by atoms with Crippen LogP contribution in [0.25, 0.3) is 10.8 Å². The Kier molecular flexibility index (Phi) is 5.53. The van der Waals surface area contributed by atoms with Crippen LogP contribution in [0, 0.1) is 0 Å². The third-order valence-corrected chi connectivity index (χ3v) is 6.30. The normalized spacial score (nSPS) is 11.2. The van der Waals surface area contributed by atoms with E-state index in [2.05, 4.69) is 15.9 Å². The van der Waals surface area contributed by atoms with Gasteiger partial charge in [-0.3, -0.25) is 9.59 Å². The maximum atomic E-state index is 13.2. The number of amides is 1. The fraction of sp³-hybridized carbons (Fsp3) is 0.100. The van der Waals surface area contributed by atoms with Crippen LogP contribution < -0.4 is 9.04 Å². The molecule has 0 atom stereocenters. The molecule has 0 unspecified atom stereocenters. The molecule has 0 aromatic heterocycles. The van der Waals surface area contributed by atoms with Crippen molar-refractivity contribution in [2.24, 2.45) is 0 Å². The number of rotatable bonds is 4. The first-order chi connectivity index (χ1) is 13.2. The Morgan fingerprint density at radius 2 is 1.50 bits per heavy atom. The summed E-state index contributed by atoms with van der Waals surface area (Å²) < 4.78 is 33.1. The van der Waals surface area contributed by atoms with Crippen molar-refractivity contribution in [3.8, 4) is 5.75 Å². The molecule has 0 fully saturated rings. The van der Waals surface area contributed by atoms with Crippen molar-refractivity contribution in [1.82, 2.24) is 0 Å². The number of hydrogen-bond donors (Lipinski definition) is 0. The van der Waals surface area contributed by atoms with Crippen molar-refractivity contribution in [2.75, 3.05) is 4.31 Å². The third kappa shape index (κ3) is 3.79. The Morgan fingerprint density at radius 3 is 2.07 bits per heavy atom. The summed E-state index contributed by atoms with van der Waals surface area (Å²) in [6, 6.07) is 15.8. The largest absolute Gasteiger partial charge is 0.426 e. The average Bonchev–Trinajstić information content (AvgIpc) is 2.63. The van der Waals surface area contributed by atoms with E-state index in [0.29, 0.717) is 10.8 Å². The van der Waals surface area contributed by atoms with Gasteiger partial charge in [-0.25, -0.2) is 12.7 Å². The van der Waals surface area contributed by atoms with Crippen molar-refractivity contribution in [2.45, 2.75) is 18.7 Å². The maximum absolute atomic E-state index is 13.2. The van der Waals surface area contributed by atoms with E-state index < -0.39 is 21.9 Å². The quantitative estimate of drug-likeness (QED) is 0.428. The van der Waals surface area contributed by atoms with Gasteiger partial charge in [0.1, 0.15) is 5.75 Å². The summed E-state index contributed by atoms with van der Waals surface area (Å²) in [7, 11) is -4.14. The molecule has 3 aromatic carbocycles. The number of nitrogens with zero attached hydrogens (tertiary/aromatic N) is 1. The standard InChI is InChI=1S/C20H16BrNO5S/c1-13(23)22(28(25,26)16-9-7-15(21)8-10-16)19-11-12-20(27-14(2)24)18-6-4-3-5-17(18)19/h3-12H,1-2H3. The predicted octanol–water partition coefficient (Wildman–Crippen LogP) is 4.27. The van der Waals surface area contributed by atoms with E-state index in [4.69, 9.17) is 4.74 Å². The van der Waals surface area contributed by atoms with E-state index in [1.165, 1.54) is 38.1 Å². The molecule has 3 rings (SSSR count). The minimum absolute atomic E-state index is 0.0148. The Labute approximate surface area is 170 Å². The molecule has 0 aliphatic carbocycles. The fourth-order valence-corrected chi connectivity index (χ4v) is 4.57. The van der Waals surface area contributed by atoms with Gasteiger partial charge in [0.2, 0.25) is 5.91 Å². The summed E-state index contributed by atoms with van der Waals surface area (Å²) in [6.07, 6.45) is 0. The Balaban J connectivity index is 2.24. The van der Waals surface area contributed by atoms with Crippen LogP contribution in [0.3, 0.4) is 0 Å². The number of benzene rings is 3. The predicted molar refractivity (Wildman–Crippen MR) is 110 cm³/mol. The van der Waals surface area contributed by atoms with Gasteiger partial charge in [0, 0.05) is 29.1 Å². The SMILES string of the molecule is CC(=O)Oc1ccc(N(C(C)=O)S(=O)(=O)c2ccc(Br)cc2)c2ccccc12. The highest BCUT2D eigenvalue weighted by Gasteiger charge is 2.30. The first-order valence-corrected chi connectivity index (χ1v) is 10.5. The molecule has 0 aliphatic rings. The molecule has 8 heteroatoms. The third-order valence-electron chi connectivity index (χ3n) is 3.97. The Bertz CT molecular complexity index is 1170. The van der Waals surface area contributed by atoms with Gasteiger partial charge in [0.05, 0.1) is 10.6 Å². The van der Waals surface area contributed by atoms with Gasteiger partial charge in [-0.2, -0.15) is 0 Å². The molecule has 0 saturated carbocycles. The second kappa shape index (κ2) is 7.73. The summed E-state index contributed by atoms with van der Waals surface area (Å²) >= 11 is 3.27. The van der Waals surface area contributed by atoms with Gasteiger partial charge in [0.15, 0.2) is 0 Å². The highest BCUT2D eigenvalue weighted by atomic mass is 79.9. The summed E-state index contributed by atoms with van der Waals surface area (Å²) in [5.74, 6) is -0.867. The Hall–Kier alpha value is -2.71. The van der Waals surface area contributed by atoms with Crippen molar-refractivity contribution < 1.29 is 22.7 Å². The molecule has 1 amide bonds. The lowest BCUT2D eigenvalue weighted by molar-refractivity contribution is -0.131. The van der Waals surface area contributed by atoms with E-state index in [1.807, 2.05) is 0 Å². The van der Waals surface area contributed by atoms with Crippen molar-refractivity contribution >= 4 is 54.3 Å². The molecule has 144 valence electrons. The van der Waals surface area contributed by atoms with Crippen LogP contribution in [0.2, 0.25) is 0 Å². The number of sulfonamides is 1. The monoisotopic (exact) mass is 461 g/mol. The highest BCUT2D eigenvalue weighted by Crippen LogP contribution is 2.36. The Morgan fingerprint density at radius 1 is 0.893 bits per heavy atom. The van der Waals surface area contributed by atoms with Gasteiger partial charge >= 0.3 is 5.97 Å². The first kappa shape index (κ1) is 20.0. The molecule has 0 radical (unpaired) electrons. The van der Waals surface area contributed by atoms with E-state index >= 15 is 0 Å². The number of halogens is 1. The van der Waals surface area contributed by atoms with Gasteiger partial charge in [-0.1, -0.05) is 40.2 Å². The number of hydrogen-bond acceptors (Lipinski definition) is 5. The number of esters is 1. The first-order valence-electron chi connectivity index (χ1n) is 8.23. The molecule has 0 bridgehead atoms. The minimum atomic E-state index is -4.14. The molecule has 3 aromatic rings. The van der Waals surface area contributed by atoms with Gasteiger partial charge in [-0.05, 0) is 36.4 Å². The fourth-order valence-electron chi connectivity index (χ4n) is 2.86. The van der Waals surface area contributed by atoms with Gasteiger partial charge < -0.3 is 4.74 Å². The second-order valence-corrected chi connectivity index (χ2v) is 8.67. The molecular formula is C20H16BrNO5S. The topological polar surface area (TPSA) is 80.8 Å². The van der Waals surface area contributed by atoms with Crippen LogP contribution in [0.5, 0.6) is 5.75 Å². The van der Waals surface area contributed by atoms with Gasteiger partial charge in [0.25, 0.3) is 10.0 Å². The smallest absolute Gasteiger partial charge is 0.308 e. The zero-order valence-electron chi connectivity index (χ0n) is 15.0.